The van der Waals surface area contributed by atoms with Crippen LogP contribution in [0.3, 0.4) is 0 Å². The highest BCUT2D eigenvalue weighted by Crippen LogP contribution is 2.38. The van der Waals surface area contributed by atoms with Gasteiger partial charge < -0.3 is 14.4 Å². The Balaban J connectivity index is 1.67. The maximum atomic E-state index is 12.9. The van der Waals surface area contributed by atoms with Crippen molar-refractivity contribution in [3.8, 4) is 0 Å². The molecule has 1 saturated heterocycles. The second-order valence-electron chi connectivity index (χ2n) is 5.68. The molecule has 2 aromatic rings. The molecule has 2 aromatic carbocycles. The lowest BCUT2D eigenvalue weighted by molar-refractivity contribution is -0.354. The smallest absolute Gasteiger partial charge is 0.259 e. The Morgan fingerprint density at radius 1 is 1.04 bits per heavy atom. The molecule has 2 aliphatic heterocycles. The molecule has 0 bridgehead atoms. The Morgan fingerprint density at radius 3 is 2.48 bits per heavy atom. The van der Waals surface area contributed by atoms with Gasteiger partial charge in [0.05, 0.1) is 17.8 Å². The molecule has 0 radical (unpaired) electrons. The number of para-hydroxylation sites is 1. The summed E-state index contributed by atoms with van der Waals surface area (Å²) in [5.41, 5.74) is 3.61. The lowest BCUT2D eigenvalue weighted by atomic mass is 10.1. The van der Waals surface area contributed by atoms with Gasteiger partial charge in [-0.1, -0.05) is 48.5 Å². The minimum absolute atomic E-state index is 0.0122. The third-order valence-electron chi connectivity index (χ3n) is 4.10. The van der Waals surface area contributed by atoms with E-state index in [1.165, 1.54) is 0 Å². The number of hydrogen-bond acceptors (Lipinski definition) is 3. The van der Waals surface area contributed by atoms with Crippen LogP contribution in [-0.4, -0.2) is 18.5 Å². The van der Waals surface area contributed by atoms with Crippen molar-refractivity contribution in [2.75, 3.05) is 4.90 Å². The third-order valence-corrected chi connectivity index (χ3v) is 4.10. The van der Waals surface area contributed by atoms with Crippen molar-refractivity contribution in [1.29, 1.82) is 0 Å². The SMILES string of the molecule is CC1OC(/C=C2/C(=O)N(Cc3ccccc3)c3ccccc32)O1. The molecule has 0 saturated carbocycles. The van der Waals surface area contributed by atoms with E-state index < -0.39 is 6.29 Å². The van der Waals surface area contributed by atoms with Gasteiger partial charge in [-0.25, -0.2) is 0 Å². The normalized spacial score (nSPS) is 24.7. The molecule has 2 aliphatic rings. The highest BCUT2D eigenvalue weighted by molar-refractivity contribution is 6.32. The summed E-state index contributed by atoms with van der Waals surface area (Å²) in [6, 6.07) is 17.8. The summed E-state index contributed by atoms with van der Waals surface area (Å²) in [4.78, 5) is 14.7. The van der Waals surface area contributed by atoms with Gasteiger partial charge in [0, 0.05) is 5.56 Å². The van der Waals surface area contributed by atoms with Crippen LogP contribution in [0.1, 0.15) is 18.1 Å². The number of carbonyl (C=O) groups excluding carboxylic acids is 1. The number of nitrogens with zero attached hydrogens (tertiary/aromatic N) is 1. The molecule has 0 spiro atoms. The molecule has 116 valence electrons. The van der Waals surface area contributed by atoms with Crippen LogP contribution in [-0.2, 0) is 20.8 Å². The van der Waals surface area contributed by atoms with Crippen LogP contribution < -0.4 is 4.90 Å². The van der Waals surface area contributed by atoms with Gasteiger partial charge in [-0.15, -0.1) is 0 Å². The zero-order valence-electron chi connectivity index (χ0n) is 12.8. The van der Waals surface area contributed by atoms with E-state index in [-0.39, 0.29) is 12.2 Å². The van der Waals surface area contributed by atoms with Crippen LogP contribution in [0.5, 0.6) is 0 Å². The monoisotopic (exact) mass is 307 g/mol. The third kappa shape index (κ3) is 2.56. The van der Waals surface area contributed by atoms with Gasteiger partial charge in [0.15, 0.2) is 12.6 Å². The Kier molecular flexibility index (Phi) is 3.48. The van der Waals surface area contributed by atoms with Crippen LogP contribution in [0.2, 0.25) is 0 Å². The molecule has 1 amide bonds. The summed E-state index contributed by atoms with van der Waals surface area (Å²) in [5.74, 6) is -0.0122. The van der Waals surface area contributed by atoms with Crippen molar-refractivity contribution < 1.29 is 14.3 Å². The second kappa shape index (κ2) is 5.65. The van der Waals surface area contributed by atoms with Gasteiger partial charge in [0.2, 0.25) is 0 Å². The van der Waals surface area contributed by atoms with Crippen molar-refractivity contribution >= 4 is 17.2 Å². The molecule has 1 fully saturated rings. The van der Waals surface area contributed by atoms with Crippen LogP contribution in [0.15, 0.2) is 60.7 Å². The predicted molar refractivity (Wildman–Crippen MR) is 87.5 cm³/mol. The number of anilines is 1. The fourth-order valence-electron chi connectivity index (χ4n) is 2.99. The van der Waals surface area contributed by atoms with Crippen LogP contribution in [0, 0.1) is 0 Å². The summed E-state index contributed by atoms with van der Waals surface area (Å²) in [6.45, 7) is 2.39. The molecule has 0 N–H and O–H groups in total. The molecule has 23 heavy (non-hydrogen) atoms. The maximum Gasteiger partial charge on any atom is 0.259 e. The van der Waals surface area contributed by atoms with Crippen LogP contribution in [0.4, 0.5) is 5.69 Å². The average Bonchev–Trinajstić information content (AvgIpc) is 2.80. The molecular weight excluding hydrogens is 290 g/mol. The first-order chi connectivity index (χ1) is 11.2. The summed E-state index contributed by atoms with van der Waals surface area (Å²) < 4.78 is 10.9. The molecule has 2 heterocycles. The minimum Gasteiger partial charge on any atom is -0.320 e. The van der Waals surface area contributed by atoms with E-state index in [2.05, 4.69) is 0 Å². The van der Waals surface area contributed by atoms with Crippen LogP contribution >= 0.6 is 0 Å². The fourth-order valence-corrected chi connectivity index (χ4v) is 2.99. The van der Waals surface area contributed by atoms with Gasteiger partial charge >= 0.3 is 0 Å². The van der Waals surface area contributed by atoms with E-state index in [1.54, 1.807) is 11.0 Å². The summed E-state index contributed by atoms with van der Waals surface area (Å²) in [6.07, 6.45) is 1.13. The minimum atomic E-state index is -0.436. The number of amides is 1. The lowest BCUT2D eigenvalue weighted by Crippen LogP contribution is -2.37. The van der Waals surface area contributed by atoms with E-state index >= 15 is 0 Å². The fraction of sp³-hybridized carbons (Fsp3) is 0.211. The van der Waals surface area contributed by atoms with E-state index in [0.717, 1.165) is 16.8 Å². The highest BCUT2D eigenvalue weighted by Gasteiger charge is 2.34. The zero-order chi connectivity index (χ0) is 15.8. The molecule has 0 unspecified atom stereocenters. The van der Waals surface area contributed by atoms with Gasteiger partial charge in [0.25, 0.3) is 5.91 Å². The summed E-state index contributed by atoms with van der Waals surface area (Å²) in [5, 5.41) is 0. The number of ether oxygens (including phenoxy) is 2. The molecule has 0 atom stereocenters. The Labute approximate surface area is 134 Å². The largest absolute Gasteiger partial charge is 0.320 e. The first-order valence-electron chi connectivity index (χ1n) is 7.70. The van der Waals surface area contributed by atoms with Crippen molar-refractivity contribution in [2.45, 2.75) is 26.0 Å². The molecular formula is C19H17NO3. The molecule has 4 nitrogen and oxygen atoms in total. The lowest BCUT2D eigenvalue weighted by Gasteiger charge is -2.31. The number of rotatable bonds is 3. The quantitative estimate of drug-likeness (QED) is 0.816. The Bertz CT molecular complexity index is 763. The van der Waals surface area contributed by atoms with Crippen LogP contribution in [0.25, 0.3) is 5.57 Å². The summed E-state index contributed by atoms with van der Waals surface area (Å²) >= 11 is 0. The standard InChI is InChI=1S/C19H17NO3/c1-13-22-18(23-13)11-16-15-9-5-6-10-17(15)20(19(16)21)12-14-7-3-2-4-8-14/h2-11,13,18H,12H2,1H3/b16-11+. The van der Waals surface area contributed by atoms with Gasteiger partial charge in [-0.3, -0.25) is 4.79 Å². The first kappa shape index (κ1) is 14.2. The van der Waals surface area contributed by atoms with Crippen molar-refractivity contribution in [3.05, 3.63) is 71.8 Å². The average molecular weight is 307 g/mol. The highest BCUT2D eigenvalue weighted by atomic mass is 16.9. The van der Waals surface area contributed by atoms with E-state index in [9.17, 15) is 4.79 Å². The number of benzene rings is 2. The van der Waals surface area contributed by atoms with E-state index in [0.29, 0.717) is 12.1 Å². The molecule has 0 aliphatic carbocycles. The van der Waals surface area contributed by atoms with E-state index in [1.807, 2.05) is 61.5 Å². The number of carbonyl (C=O) groups is 1. The maximum absolute atomic E-state index is 12.9. The first-order valence-corrected chi connectivity index (χ1v) is 7.70. The topological polar surface area (TPSA) is 38.8 Å². The summed E-state index contributed by atoms with van der Waals surface area (Å²) in [7, 11) is 0. The molecule has 4 rings (SSSR count). The second-order valence-corrected chi connectivity index (χ2v) is 5.68. The number of fused-ring (bicyclic) bond motifs is 1. The Hall–Kier alpha value is -2.43. The van der Waals surface area contributed by atoms with Gasteiger partial charge in [-0.2, -0.15) is 0 Å². The Morgan fingerprint density at radius 2 is 1.74 bits per heavy atom. The zero-order valence-corrected chi connectivity index (χ0v) is 12.8. The van der Waals surface area contributed by atoms with Gasteiger partial charge in [0.1, 0.15) is 0 Å². The molecule has 4 heteroatoms. The predicted octanol–water partition coefficient (Wildman–Crippen LogP) is 3.34. The van der Waals surface area contributed by atoms with Crippen molar-refractivity contribution in [2.24, 2.45) is 0 Å². The molecule has 0 aromatic heterocycles. The van der Waals surface area contributed by atoms with E-state index in [4.69, 9.17) is 9.47 Å². The number of hydrogen-bond donors (Lipinski definition) is 0. The van der Waals surface area contributed by atoms with Crippen molar-refractivity contribution in [3.63, 3.8) is 0 Å². The van der Waals surface area contributed by atoms with Crippen molar-refractivity contribution in [1.82, 2.24) is 0 Å². The van der Waals surface area contributed by atoms with Gasteiger partial charge in [-0.05, 0) is 24.6 Å².